The Bertz CT molecular complexity index is 1540. The highest BCUT2D eigenvalue weighted by atomic mass is 19.4. The number of hydrogen-bond acceptors (Lipinski definition) is 5. The van der Waals surface area contributed by atoms with E-state index in [4.69, 9.17) is 4.98 Å². The first kappa shape index (κ1) is 27.8. The number of para-hydroxylation sites is 1. The van der Waals surface area contributed by atoms with Gasteiger partial charge in [-0.3, -0.25) is 9.30 Å². The summed E-state index contributed by atoms with van der Waals surface area (Å²) in [7, 11) is 6.23. The van der Waals surface area contributed by atoms with Crippen molar-refractivity contribution < 1.29 is 13.2 Å². The predicted molar refractivity (Wildman–Crippen MR) is 161 cm³/mol. The van der Waals surface area contributed by atoms with Crippen LogP contribution < -0.4 is 9.80 Å². The van der Waals surface area contributed by atoms with Crippen LogP contribution in [0.15, 0.2) is 54.7 Å². The van der Waals surface area contributed by atoms with Gasteiger partial charge in [-0.15, -0.1) is 0 Å². The summed E-state index contributed by atoms with van der Waals surface area (Å²) in [6, 6.07) is 15.9. The molecule has 2 saturated heterocycles. The lowest BCUT2D eigenvalue weighted by Crippen LogP contribution is -2.55. The second kappa shape index (κ2) is 10.5. The van der Waals surface area contributed by atoms with Gasteiger partial charge in [-0.2, -0.15) is 13.2 Å². The van der Waals surface area contributed by atoms with Gasteiger partial charge in [0.05, 0.1) is 22.3 Å². The molecule has 0 spiro atoms. The van der Waals surface area contributed by atoms with Crippen molar-refractivity contribution in [1.29, 1.82) is 0 Å². The van der Waals surface area contributed by atoms with E-state index in [-0.39, 0.29) is 5.69 Å². The van der Waals surface area contributed by atoms with Crippen LogP contribution in [0.3, 0.4) is 0 Å². The van der Waals surface area contributed by atoms with Crippen molar-refractivity contribution in [3.63, 3.8) is 0 Å². The number of alkyl halides is 3. The molecule has 9 heteroatoms. The van der Waals surface area contributed by atoms with Gasteiger partial charge >= 0.3 is 6.18 Å². The lowest BCUT2D eigenvalue weighted by atomic mass is 9.99. The minimum Gasteiger partial charge on any atom is -0.371 e. The number of piperidine rings is 1. The van der Waals surface area contributed by atoms with E-state index < -0.39 is 11.7 Å². The smallest absolute Gasteiger partial charge is 0.371 e. The van der Waals surface area contributed by atoms with Crippen LogP contribution in [-0.4, -0.2) is 84.6 Å². The second-order valence-electron chi connectivity index (χ2n) is 12.1. The van der Waals surface area contributed by atoms with Crippen LogP contribution in [0.4, 0.5) is 24.5 Å². The maximum absolute atomic E-state index is 14.4. The summed E-state index contributed by atoms with van der Waals surface area (Å²) >= 11 is 0. The molecule has 0 unspecified atom stereocenters. The Hall–Kier alpha value is -3.30. The number of rotatable bonds is 4. The Kier molecular flexibility index (Phi) is 7.14. The lowest BCUT2D eigenvalue weighted by Gasteiger charge is -2.43. The molecular weight excluding hydrogens is 525 g/mol. The molecule has 0 saturated carbocycles. The molecule has 2 aliphatic rings. The highest BCUT2D eigenvalue weighted by Gasteiger charge is 2.36. The number of fused-ring (bicyclic) bond motifs is 3. The first-order valence-electron chi connectivity index (χ1n) is 14.5. The Morgan fingerprint density at radius 1 is 0.854 bits per heavy atom. The van der Waals surface area contributed by atoms with Crippen LogP contribution in [0.1, 0.15) is 32.3 Å². The molecule has 0 N–H and O–H groups in total. The van der Waals surface area contributed by atoms with Crippen molar-refractivity contribution in [1.82, 2.24) is 19.2 Å². The van der Waals surface area contributed by atoms with E-state index in [1.165, 1.54) is 6.07 Å². The summed E-state index contributed by atoms with van der Waals surface area (Å²) in [5, 5.41) is 0. The number of anilines is 2. The fourth-order valence-corrected chi connectivity index (χ4v) is 6.61. The van der Waals surface area contributed by atoms with Crippen molar-refractivity contribution in [3.8, 4) is 11.1 Å². The summed E-state index contributed by atoms with van der Waals surface area (Å²) < 4.78 is 45.3. The lowest BCUT2D eigenvalue weighted by molar-refractivity contribution is -0.137. The highest BCUT2D eigenvalue weighted by Crippen LogP contribution is 2.40. The van der Waals surface area contributed by atoms with Gasteiger partial charge in [0.15, 0.2) is 0 Å². The maximum atomic E-state index is 14.4. The molecule has 2 aromatic carbocycles. The zero-order valence-corrected chi connectivity index (χ0v) is 24.5. The number of benzene rings is 2. The van der Waals surface area contributed by atoms with Gasteiger partial charge in [0.2, 0.25) is 0 Å². The van der Waals surface area contributed by atoms with Crippen molar-refractivity contribution >= 4 is 28.1 Å². The second-order valence-corrected chi connectivity index (χ2v) is 12.1. The molecule has 4 heterocycles. The number of hydrogen-bond donors (Lipinski definition) is 0. The zero-order valence-electron chi connectivity index (χ0n) is 24.5. The molecule has 2 aliphatic heterocycles. The molecule has 41 heavy (non-hydrogen) atoms. The third-order valence-electron chi connectivity index (χ3n) is 9.27. The Morgan fingerprint density at radius 2 is 1.54 bits per heavy atom. The molecule has 2 aromatic heterocycles. The largest absolute Gasteiger partial charge is 0.418 e. The number of likely N-dealkylation sites (N-methyl/N-ethyl adjacent to an activating group) is 1. The van der Waals surface area contributed by atoms with E-state index in [0.29, 0.717) is 36.8 Å². The van der Waals surface area contributed by atoms with E-state index in [1.807, 2.05) is 59.9 Å². The molecule has 0 aliphatic carbocycles. The van der Waals surface area contributed by atoms with Crippen molar-refractivity contribution in [2.45, 2.75) is 51.0 Å². The van der Waals surface area contributed by atoms with Crippen LogP contribution >= 0.6 is 0 Å². The number of piperazine rings is 1. The quantitative estimate of drug-likeness (QED) is 0.293. The number of imidazole rings is 1. The zero-order chi connectivity index (χ0) is 29.1. The normalized spacial score (nSPS) is 21.5. The van der Waals surface area contributed by atoms with Gasteiger partial charge in [-0.25, -0.2) is 4.98 Å². The van der Waals surface area contributed by atoms with E-state index in [0.717, 1.165) is 53.9 Å². The number of pyridine rings is 1. The Balaban J connectivity index is 1.39. The topological polar surface area (TPSA) is 30.3 Å². The number of halogens is 3. The Morgan fingerprint density at radius 3 is 2.20 bits per heavy atom. The molecule has 6 rings (SSSR count). The van der Waals surface area contributed by atoms with Crippen LogP contribution in [0.25, 0.3) is 27.8 Å². The monoisotopic (exact) mass is 564 g/mol. The van der Waals surface area contributed by atoms with Crippen molar-refractivity contribution in [2.24, 2.45) is 0 Å². The molecule has 0 radical (unpaired) electrons. The molecular formula is C32H39F3N6. The minimum atomic E-state index is -4.45. The summed E-state index contributed by atoms with van der Waals surface area (Å²) in [5.41, 5.74) is 4.73. The molecule has 0 amide bonds. The average molecular weight is 565 g/mol. The summed E-state index contributed by atoms with van der Waals surface area (Å²) in [5.74, 6) is 0. The standard InChI is InChI=1S/C32H39F3N6/c1-21-18-40(19-22(2)38(21)5)29-8-6-7-27-31(29)41-20-24(10-12-30(41)36-27)23-9-11-28(26(17-23)32(33,34)35)39-15-13-25(14-16-39)37(3)4/h6-12,17,20-22,25H,13-16,18-19H2,1-5H3/t21-,22+. The van der Waals surface area contributed by atoms with Crippen LogP contribution in [0.2, 0.25) is 0 Å². The predicted octanol–water partition coefficient (Wildman–Crippen LogP) is 6.23. The van der Waals surface area contributed by atoms with Crippen LogP contribution in [0, 0.1) is 0 Å². The van der Waals surface area contributed by atoms with E-state index in [2.05, 4.69) is 41.7 Å². The Labute approximate surface area is 240 Å². The van der Waals surface area contributed by atoms with E-state index >= 15 is 0 Å². The van der Waals surface area contributed by atoms with Gasteiger partial charge in [-0.05, 0) is 95.4 Å². The molecule has 6 nitrogen and oxygen atoms in total. The fourth-order valence-electron chi connectivity index (χ4n) is 6.61. The van der Waals surface area contributed by atoms with Crippen molar-refractivity contribution in [2.75, 3.05) is 57.1 Å². The highest BCUT2D eigenvalue weighted by molar-refractivity contribution is 5.93. The van der Waals surface area contributed by atoms with Crippen LogP contribution in [-0.2, 0) is 6.18 Å². The minimum absolute atomic E-state index is 0.271. The summed E-state index contributed by atoms with van der Waals surface area (Å²) in [6.45, 7) is 7.50. The maximum Gasteiger partial charge on any atom is 0.418 e. The van der Waals surface area contributed by atoms with Crippen molar-refractivity contribution in [3.05, 3.63) is 60.3 Å². The first-order chi connectivity index (χ1) is 19.5. The summed E-state index contributed by atoms with van der Waals surface area (Å²) in [6.07, 6.45) is -0.806. The van der Waals surface area contributed by atoms with Gasteiger partial charge in [-0.1, -0.05) is 12.1 Å². The SMILES string of the molecule is C[C@@H]1CN(c2cccc3nc4ccc(-c5ccc(N6CCC(N(C)C)CC6)c(C(F)(F)F)c5)cn4c23)C[C@H](C)N1C. The van der Waals surface area contributed by atoms with E-state index in [9.17, 15) is 13.2 Å². The number of aromatic nitrogens is 2. The van der Waals surface area contributed by atoms with Gasteiger partial charge < -0.3 is 14.7 Å². The first-order valence-corrected chi connectivity index (χ1v) is 14.5. The molecule has 0 bridgehead atoms. The van der Waals surface area contributed by atoms with Crippen LogP contribution in [0.5, 0.6) is 0 Å². The number of nitrogens with zero attached hydrogens (tertiary/aromatic N) is 6. The van der Waals surface area contributed by atoms with Gasteiger partial charge in [0.1, 0.15) is 5.65 Å². The van der Waals surface area contributed by atoms with Gasteiger partial charge in [0, 0.05) is 56.2 Å². The average Bonchev–Trinajstić information content (AvgIpc) is 3.33. The summed E-state index contributed by atoms with van der Waals surface area (Å²) in [4.78, 5) is 13.7. The third kappa shape index (κ3) is 5.14. The molecule has 2 atom stereocenters. The fraction of sp³-hybridized carbons (Fsp3) is 0.469. The third-order valence-corrected chi connectivity index (χ3v) is 9.27. The molecule has 2 fully saturated rings. The molecule has 4 aromatic rings. The van der Waals surface area contributed by atoms with Gasteiger partial charge in [0.25, 0.3) is 0 Å². The van der Waals surface area contributed by atoms with E-state index in [1.54, 1.807) is 6.07 Å². The molecule has 218 valence electrons.